The summed E-state index contributed by atoms with van der Waals surface area (Å²) in [5.41, 5.74) is 3.15. The van der Waals surface area contributed by atoms with Crippen molar-refractivity contribution < 1.29 is 44.0 Å². The van der Waals surface area contributed by atoms with E-state index in [1.165, 1.54) is 12.8 Å². The first-order chi connectivity index (χ1) is 9.06. The Kier molecular flexibility index (Phi) is 10.1. The molecule has 0 atom stereocenters. The second kappa shape index (κ2) is 10.0. The van der Waals surface area contributed by atoms with E-state index in [1.54, 1.807) is 18.9 Å². The quantitative estimate of drug-likeness (QED) is 0.455. The van der Waals surface area contributed by atoms with Gasteiger partial charge in [0.25, 0.3) is 0 Å². The minimum atomic E-state index is -0.0962. The third kappa shape index (κ3) is 6.44. The van der Waals surface area contributed by atoms with E-state index < -0.39 is 0 Å². The van der Waals surface area contributed by atoms with Crippen LogP contribution in [0.5, 0.6) is 0 Å². The van der Waals surface area contributed by atoms with Gasteiger partial charge in [0.05, 0.1) is 0 Å². The van der Waals surface area contributed by atoms with Crippen LogP contribution in [0.1, 0.15) is 12.8 Å². The summed E-state index contributed by atoms with van der Waals surface area (Å²) in [6.07, 6.45) is 11.8. The Labute approximate surface area is 150 Å². The monoisotopic (exact) mass is 362 g/mol. The first-order valence-electron chi connectivity index (χ1n) is 6.90. The fraction of sp³-hybridized carbons (Fsp3) is 0.500. The molecular formula is C16H24Cl2N2Ti. The summed E-state index contributed by atoms with van der Waals surface area (Å²) in [6, 6.07) is 0. The fourth-order valence-corrected chi connectivity index (χ4v) is 4.79. The molecule has 0 N–H and O–H groups in total. The van der Waals surface area contributed by atoms with Crippen molar-refractivity contribution in [2.75, 3.05) is 41.3 Å². The zero-order chi connectivity index (χ0) is 13.8. The van der Waals surface area contributed by atoms with Crippen molar-refractivity contribution in [3.05, 3.63) is 43.2 Å². The van der Waals surface area contributed by atoms with Gasteiger partial charge in [-0.1, -0.05) is 0 Å². The largest absolute Gasteiger partial charge is 1.00 e. The summed E-state index contributed by atoms with van der Waals surface area (Å²) in [5.74, 6) is 0. The van der Waals surface area contributed by atoms with Crippen LogP contribution in [0, 0.1) is 0 Å². The van der Waals surface area contributed by atoms with Gasteiger partial charge in [-0.3, -0.25) is 0 Å². The maximum Gasteiger partial charge on any atom is -1.00 e. The van der Waals surface area contributed by atoms with Crippen LogP contribution in [0.25, 0.3) is 0 Å². The second-order valence-electron chi connectivity index (χ2n) is 5.82. The van der Waals surface area contributed by atoms with Crippen molar-refractivity contribution in [3.8, 4) is 0 Å². The number of rotatable bonds is 6. The van der Waals surface area contributed by atoms with Crippen LogP contribution in [0.15, 0.2) is 43.2 Å². The molecule has 0 amide bonds. The predicted molar refractivity (Wildman–Crippen MR) is 78.7 cm³/mol. The molecule has 5 heteroatoms. The van der Waals surface area contributed by atoms with Gasteiger partial charge in [-0.2, -0.15) is 0 Å². The number of allylic oxidation sites excluding steroid dienone is 4. The molecule has 2 aliphatic rings. The van der Waals surface area contributed by atoms with E-state index >= 15 is 0 Å². The minimum Gasteiger partial charge on any atom is -1.00 e. The second-order valence-corrected chi connectivity index (χ2v) is 8.10. The summed E-state index contributed by atoms with van der Waals surface area (Å²) in [6.45, 7) is 2.19. The number of halogens is 2. The van der Waals surface area contributed by atoms with Crippen molar-refractivity contribution in [1.82, 2.24) is 9.80 Å². The van der Waals surface area contributed by atoms with Crippen LogP contribution >= 0.6 is 0 Å². The Morgan fingerprint density at radius 3 is 1.52 bits per heavy atom. The van der Waals surface area contributed by atoms with E-state index in [0.717, 1.165) is 13.1 Å². The maximum absolute atomic E-state index is 2.34. The zero-order valence-electron chi connectivity index (χ0n) is 13.3. The van der Waals surface area contributed by atoms with Crippen LogP contribution in [-0.4, -0.2) is 51.1 Å². The van der Waals surface area contributed by atoms with Gasteiger partial charge >= 0.3 is 126 Å². The standard InChI is InChI=1S/2C8H12N.2ClH.Ti/c2*1-9(2)7-8-5-3-4-6-8;;;/h2*3,5H,4,7H2,1-2H3;2*1H;/q;;;;+2/p-2. The van der Waals surface area contributed by atoms with Crippen molar-refractivity contribution >= 4 is 0 Å². The molecule has 0 radical (unpaired) electrons. The molecule has 2 nitrogen and oxygen atoms in total. The average molecular weight is 363 g/mol. The van der Waals surface area contributed by atoms with Gasteiger partial charge in [0, 0.05) is 0 Å². The number of hydrogen-bond donors (Lipinski definition) is 0. The van der Waals surface area contributed by atoms with E-state index in [-0.39, 0.29) is 44.0 Å². The zero-order valence-corrected chi connectivity index (χ0v) is 16.4. The molecule has 0 aromatic carbocycles. The van der Waals surface area contributed by atoms with Gasteiger partial charge < -0.3 is 24.8 Å². The third-order valence-electron chi connectivity index (χ3n) is 3.33. The van der Waals surface area contributed by atoms with Crippen molar-refractivity contribution in [3.63, 3.8) is 0 Å². The minimum absolute atomic E-state index is 0. The Bertz CT molecular complexity index is 421. The molecule has 116 valence electrons. The van der Waals surface area contributed by atoms with Crippen LogP contribution < -0.4 is 24.8 Å². The summed E-state index contributed by atoms with van der Waals surface area (Å²) in [5, 5.41) is 0. The smallest absolute Gasteiger partial charge is 1.00 e. The van der Waals surface area contributed by atoms with Crippen LogP contribution in [-0.2, 0) is 19.2 Å². The Morgan fingerprint density at radius 2 is 1.19 bits per heavy atom. The molecule has 0 unspecified atom stereocenters. The van der Waals surface area contributed by atoms with Crippen LogP contribution in [0.4, 0.5) is 0 Å². The van der Waals surface area contributed by atoms with Gasteiger partial charge in [-0.05, 0) is 0 Å². The average Bonchev–Trinajstić information content (AvgIpc) is 2.89. The van der Waals surface area contributed by atoms with E-state index in [9.17, 15) is 0 Å². The summed E-state index contributed by atoms with van der Waals surface area (Å²) in [7, 11) is 8.63. The van der Waals surface area contributed by atoms with Crippen molar-refractivity contribution in [1.29, 1.82) is 0 Å². The van der Waals surface area contributed by atoms with Gasteiger partial charge in [0.1, 0.15) is 0 Å². The molecule has 0 saturated carbocycles. The summed E-state index contributed by atoms with van der Waals surface area (Å²) in [4.78, 5) is 4.55. The number of nitrogens with zero attached hydrogens (tertiary/aromatic N) is 2. The van der Waals surface area contributed by atoms with E-state index in [0.29, 0.717) is 0 Å². The first kappa shape index (κ1) is 21.2. The maximum atomic E-state index is 2.34. The topological polar surface area (TPSA) is 6.48 Å². The molecule has 2 aliphatic carbocycles. The number of likely N-dealkylation sites (N-methyl/N-ethyl adjacent to an activating group) is 2. The van der Waals surface area contributed by atoms with Gasteiger partial charge in [0.15, 0.2) is 0 Å². The summed E-state index contributed by atoms with van der Waals surface area (Å²) < 4.78 is 3.48. The molecule has 0 aliphatic heterocycles. The van der Waals surface area contributed by atoms with E-state index in [1.807, 2.05) is 0 Å². The Hall–Kier alpha value is 0.174. The fourth-order valence-electron chi connectivity index (χ4n) is 2.52. The Balaban J connectivity index is 0.00000200. The third-order valence-corrected chi connectivity index (χ3v) is 5.92. The van der Waals surface area contributed by atoms with Gasteiger partial charge in [-0.25, -0.2) is 0 Å². The molecular weight excluding hydrogens is 339 g/mol. The molecule has 0 bridgehead atoms. The van der Waals surface area contributed by atoms with Gasteiger partial charge in [0.2, 0.25) is 0 Å². The Morgan fingerprint density at radius 1 is 0.810 bits per heavy atom. The molecule has 0 aromatic heterocycles. The normalized spacial score (nSPS) is 16.7. The molecule has 0 aromatic rings. The van der Waals surface area contributed by atoms with E-state index in [4.69, 9.17) is 0 Å². The number of hydrogen-bond acceptors (Lipinski definition) is 2. The van der Waals surface area contributed by atoms with Crippen molar-refractivity contribution in [2.45, 2.75) is 12.8 Å². The van der Waals surface area contributed by atoms with Gasteiger partial charge in [-0.15, -0.1) is 0 Å². The molecule has 0 heterocycles. The van der Waals surface area contributed by atoms with Crippen LogP contribution in [0.2, 0.25) is 0 Å². The molecule has 0 spiro atoms. The first-order valence-corrected chi connectivity index (χ1v) is 8.46. The van der Waals surface area contributed by atoms with Crippen LogP contribution in [0.3, 0.4) is 0 Å². The van der Waals surface area contributed by atoms with Crippen molar-refractivity contribution in [2.24, 2.45) is 0 Å². The molecule has 21 heavy (non-hydrogen) atoms. The molecule has 0 fully saturated rings. The van der Waals surface area contributed by atoms with E-state index in [2.05, 4.69) is 62.3 Å². The summed E-state index contributed by atoms with van der Waals surface area (Å²) >= 11 is -0.0962. The predicted octanol–water partition coefficient (Wildman–Crippen LogP) is -3.37. The SMILES string of the molecule is CN(C)CC1=[C]([Ti+2][C]2=C(CN(C)C)C=CC2)CC=C1.[Cl-].[Cl-]. The molecule has 2 rings (SSSR count). The molecule has 0 saturated heterocycles.